The number of nitrogens with one attached hydrogen (secondary N) is 1. The van der Waals surface area contributed by atoms with E-state index < -0.39 is 0 Å². The van der Waals surface area contributed by atoms with Crippen LogP contribution in [0.4, 0.5) is 0 Å². The first kappa shape index (κ1) is 11.5. The van der Waals surface area contributed by atoms with E-state index in [1.807, 2.05) is 0 Å². The van der Waals surface area contributed by atoms with E-state index in [0.29, 0.717) is 6.54 Å². The third-order valence-corrected chi connectivity index (χ3v) is 2.31. The van der Waals surface area contributed by atoms with Gasteiger partial charge in [0.2, 0.25) is 0 Å². The van der Waals surface area contributed by atoms with Crippen LogP contribution < -0.4 is 5.32 Å². The Bertz CT molecular complexity index is 150. The number of hydrogen-bond acceptors (Lipinski definition) is 2. The molecule has 0 aromatic carbocycles. The molecule has 0 saturated heterocycles. The zero-order chi connectivity index (χ0) is 9.78. The number of allylic oxidation sites excluding steroid dienone is 1. The monoisotopic (exact) mass is 171 g/mol. The predicted molar refractivity (Wildman–Crippen MR) is 52.9 cm³/mol. The molecule has 0 amide bonds. The normalized spacial score (nSPS) is 14.1. The molecule has 1 atom stereocenters. The Morgan fingerprint density at radius 3 is 2.42 bits per heavy atom. The van der Waals surface area contributed by atoms with Crippen LogP contribution in [-0.2, 0) is 0 Å². The van der Waals surface area contributed by atoms with Crippen molar-refractivity contribution in [1.29, 1.82) is 0 Å². The summed E-state index contributed by atoms with van der Waals surface area (Å²) < 4.78 is 0. The fraction of sp³-hybridized carbons (Fsp3) is 0.800. The molecule has 0 heterocycles. The Balaban J connectivity index is 3.88. The summed E-state index contributed by atoms with van der Waals surface area (Å²) >= 11 is 0. The Hall–Kier alpha value is -0.500. The highest BCUT2D eigenvalue weighted by Gasteiger charge is 2.18. The molecule has 12 heavy (non-hydrogen) atoms. The molecule has 0 radical (unpaired) electrons. The topological polar surface area (TPSA) is 32.3 Å². The lowest BCUT2D eigenvalue weighted by atomic mass is 9.87. The molecule has 0 rings (SSSR count). The molecule has 0 aromatic rings. The molecule has 0 saturated carbocycles. The number of aliphatic hydroxyl groups is 1. The molecule has 72 valence electrons. The van der Waals surface area contributed by atoms with E-state index >= 15 is 0 Å². The van der Waals surface area contributed by atoms with Crippen LogP contribution in [0.5, 0.6) is 0 Å². The second-order valence-electron chi connectivity index (χ2n) is 3.95. The molecule has 0 aliphatic rings. The van der Waals surface area contributed by atoms with Crippen molar-refractivity contribution in [3.63, 3.8) is 0 Å². The SMILES string of the molecule is C=C(NCC(C)O)C(C)(C)CC. The van der Waals surface area contributed by atoms with Crippen molar-refractivity contribution in [3.8, 4) is 0 Å². The van der Waals surface area contributed by atoms with Crippen molar-refractivity contribution in [2.45, 2.75) is 40.2 Å². The van der Waals surface area contributed by atoms with E-state index in [4.69, 9.17) is 5.11 Å². The Kier molecular flexibility index (Phi) is 4.32. The second-order valence-corrected chi connectivity index (χ2v) is 3.95. The smallest absolute Gasteiger partial charge is 0.0684 e. The molecular weight excluding hydrogens is 150 g/mol. The van der Waals surface area contributed by atoms with Crippen LogP contribution in [0.2, 0.25) is 0 Å². The second kappa shape index (κ2) is 4.51. The van der Waals surface area contributed by atoms with Gasteiger partial charge in [-0.15, -0.1) is 0 Å². The van der Waals surface area contributed by atoms with Gasteiger partial charge in [-0.1, -0.05) is 27.4 Å². The molecule has 2 nitrogen and oxygen atoms in total. The lowest BCUT2D eigenvalue weighted by Crippen LogP contribution is -2.30. The lowest BCUT2D eigenvalue weighted by Gasteiger charge is -2.27. The quantitative estimate of drug-likeness (QED) is 0.662. The first-order chi connectivity index (χ1) is 5.40. The van der Waals surface area contributed by atoms with E-state index in [2.05, 4.69) is 32.7 Å². The van der Waals surface area contributed by atoms with Gasteiger partial charge >= 0.3 is 0 Å². The predicted octanol–water partition coefficient (Wildman–Crippen LogP) is 1.91. The fourth-order valence-corrected chi connectivity index (χ4v) is 0.724. The molecule has 0 aromatic heterocycles. The highest BCUT2D eigenvalue weighted by molar-refractivity contribution is 5.04. The molecule has 2 heteroatoms. The molecule has 0 aliphatic heterocycles. The highest BCUT2D eigenvalue weighted by Crippen LogP contribution is 2.26. The maximum Gasteiger partial charge on any atom is 0.0684 e. The van der Waals surface area contributed by atoms with Gasteiger partial charge in [-0.3, -0.25) is 0 Å². The van der Waals surface area contributed by atoms with Crippen LogP contribution >= 0.6 is 0 Å². The van der Waals surface area contributed by atoms with Crippen molar-refractivity contribution < 1.29 is 5.11 Å². The maximum absolute atomic E-state index is 9.04. The van der Waals surface area contributed by atoms with Gasteiger partial charge in [0.15, 0.2) is 0 Å². The van der Waals surface area contributed by atoms with Gasteiger partial charge in [-0.05, 0) is 13.3 Å². The average Bonchev–Trinajstić information content (AvgIpc) is 2.00. The van der Waals surface area contributed by atoms with Gasteiger partial charge in [0, 0.05) is 17.7 Å². The third-order valence-electron chi connectivity index (χ3n) is 2.31. The van der Waals surface area contributed by atoms with E-state index in [0.717, 1.165) is 12.1 Å². The first-order valence-electron chi connectivity index (χ1n) is 4.51. The summed E-state index contributed by atoms with van der Waals surface area (Å²) in [5.41, 5.74) is 1.13. The van der Waals surface area contributed by atoms with Gasteiger partial charge in [-0.2, -0.15) is 0 Å². The zero-order valence-electron chi connectivity index (χ0n) is 8.65. The number of hydrogen-bond donors (Lipinski definition) is 2. The fourth-order valence-electron chi connectivity index (χ4n) is 0.724. The van der Waals surface area contributed by atoms with E-state index in [1.165, 1.54) is 0 Å². The highest BCUT2D eigenvalue weighted by atomic mass is 16.3. The summed E-state index contributed by atoms with van der Waals surface area (Å²) in [4.78, 5) is 0. The molecule has 0 bridgehead atoms. The number of aliphatic hydroxyl groups excluding tert-OH is 1. The average molecular weight is 171 g/mol. The van der Waals surface area contributed by atoms with Gasteiger partial charge in [-0.25, -0.2) is 0 Å². The van der Waals surface area contributed by atoms with E-state index in [1.54, 1.807) is 6.92 Å². The lowest BCUT2D eigenvalue weighted by molar-refractivity contribution is 0.191. The zero-order valence-corrected chi connectivity index (χ0v) is 8.65. The minimum absolute atomic E-state index is 0.120. The van der Waals surface area contributed by atoms with Crippen LogP contribution in [0, 0.1) is 5.41 Å². The summed E-state index contributed by atoms with van der Waals surface area (Å²) in [7, 11) is 0. The Morgan fingerprint density at radius 2 is 2.08 bits per heavy atom. The van der Waals surface area contributed by atoms with Gasteiger partial charge in [0.25, 0.3) is 0 Å². The Labute approximate surface area is 75.7 Å². The van der Waals surface area contributed by atoms with Gasteiger partial charge < -0.3 is 10.4 Å². The Morgan fingerprint density at radius 1 is 1.58 bits per heavy atom. The molecular formula is C10H21NO. The summed E-state index contributed by atoms with van der Waals surface area (Å²) in [6, 6.07) is 0. The summed E-state index contributed by atoms with van der Waals surface area (Å²) in [6.45, 7) is 12.7. The van der Waals surface area contributed by atoms with Crippen LogP contribution in [-0.4, -0.2) is 17.8 Å². The standard InChI is InChI=1S/C10H21NO/c1-6-10(4,5)9(3)11-7-8(2)12/h8,11-12H,3,6-7H2,1-2,4-5H3. The largest absolute Gasteiger partial charge is 0.392 e. The molecule has 2 N–H and O–H groups in total. The summed E-state index contributed by atoms with van der Waals surface area (Å²) in [6.07, 6.45) is 0.743. The molecule has 1 unspecified atom stereocenters. The van der Waals surface area contributed by atoms with Crippen molar-refractivity contribution in [2.75, 3.05) is 6.54 Å². The third kappa shape index (κ3) is 3.77. The van der Waals surface area contributed by atoms with Crippen LogP contribution in [0.3, 0.4) is 0 Å². The van der Waals surface area contributed by atoms with Crippen LogP contribution in [0.1, 0.15) is 34.1 Å². The van der Waals surface area contributed by atoms with Crippen molar-refractivity contribution in [3.05, 3.63) is 12.3 Å². The minimum Gasteiger partial charge on any atom is -0.392 e. The van der Waals surface area contributed by atoms with Crippen molar-refractivity contribution in [2.24, 2.45) is 5.41 Å². The minimum atomic E-state index is -0.311. The van der Waals surface area contributed by atoms with Gasteiger partial charge in [0.05, 0.1) is 6.10 Å². The van der Waals surface area contributed by atoms with Gasteiger partial charge in [0.1, 0.15) is 0 Å². The summed E-state index contributed by atoms with van der Waals surface area (Å²) in [5, 5.41) is 12.2. The van der Waals surface area contributed by atoms with E-state index in [-0.39, 0.29) is 11.5 Å². The number of rotatable bonds is 5. The van der Waals surface area contributed by atoms with Crippen LogP contribution in [0.15, 0.2) is 12.3 Å². The molecule has 0 spiro atoms. The molecule has 0 fully saturated rings. The first-order valence-corrected chi connectivity index (χ1v) is 4.51. The van der Waals surface area contributed by atoms with E-state index in [9.17, 15) is 0 Å². The maximum atomic E-state index is 9.04. The van der Waals surface area contributed by atoms with Crippen molar-refractivity contribution >= 4 is 0 Å². The van der Waals surface area contributed by atoms with Crippen molar-refractivity contribution in [1.82, 2.24) is 5.32 Å². The summed E-state index contributed by atoms with van der Waals surface area (Å²) in [5.74, 6) is 0. The van der Waals surface area contributed by atoms with Crippen LogP contribution in [0.25, 0.3) is 0 Å². The molecule has 0 aliphatic carbocycles.